The van der Waals surface area contributed by atoms with E-state index >= 15 is 0 Å². The van der Waals surface area contributed by atoms with Crippen LogP contribution in [0.5, 0.6) is 0 Å². The van der Waals surface area contributed by atoms with Crippen LogP contribution in [0.2, 0.25) is 0 Å². The molecule has 2 aromatic carbocycles. The van der Waals surface area contributed by atoms with E-state index in [2.05, 4.69) is 5.32 Å². The second-order valence-electron chi connectivity index (χ2n) is 5.84. The van der Waals surface area contributed by atoms with Crippen molar-refractivity contribution in [2.45, 2.75) is 18.8 Å². The van der Waals surface area contributed by atoms with Crippen LogP contribution in [0.15, 0.2) is 48.5 Å². The molecule has 1 atom stereocenters. The SMILES string of the molecule is COC(=O)c1cccc(CN2C(=O)S[C@H](Nc3ccccc3C)C2=O)c1. The lowest BCUT2D eigenvalue weighted by Crippen LogP contribution is -2.34. The standard InChI is InChI=1S/C19H18N2O4S/c1-12-6-3-4-9-15(12)20-16-17(22)21(19(24)26-16)11-13-7-5-8-14(10-13)18(23)25-2/h3-10,16,20H,11H2,1-2H3/t16-/m0/s1. The topological polar surface area (TPSA) is 75.7 Å². The lowest BCUT2D eigenvalue weighted by Gasteiger charge is -2.16. The van der Waals surface area contributed by atoms with Gasteiger partial charge in [-0.1, -0.05) is 30.3 Å². The fourth-order valence-corrected chi connectivity index (χ4v) is 3.55. The first-order valence-electron chi connectivity index (χ1n) is 8.01. The number of anilines is 1. The molecule has 6 nitrogen and oxygen atoms in total. The second-order valence-corrected chi connectivity index (χ2v) is 6.90. The van der Waals surface area contributed by atoms with Crippen molar-refractivity contribution in [1.82, 2.24) is 4.90 Å². The van der Waals surface area contributed by atoms with Gasteiger partial charge in [-0.05, 0) is 48.0 Å². The van der Waals surface area contributed by atoms with Gasteiger partial charge in [-0.15, -0.1) is 0 Å². The first kappa shape index (κ1) is 18.0. The zero-order chi connectivity index (χ0) is 18.7. The molecule has 0 aromatic heterocycles. The van der Waals surface area contributed by atoms with E-state index in [0.29, 0.717) is 11.1 Å². The number of hydrogen-bond donors (Lipinski definition) is 1. The van der Waals surface area contributed by atoms with Gasteiger partial charge >= 0.3 is 5.97 Å². The summed E-state index contributed by atoms with van der Waals surface area (Å²) in [5.41, 5.74) is 2.89. The molecule has 26 heavy (non-hydrogen) atoms. The van der Waals surface area contributed by atoms with Crippen LogP contribution in [-0.4, -0.2) is 34.5 Å². The highest BCUT2D eigenvalue weighted by molar-refractivity contribution is 8.15. The van der Waals surface area contributed by atoms with Crippen LogP contribution in [0.4, 0.5) is 10.5 Å². The molecule has 0 aliphatic carbocycles. The zero-order valence-corrected chi connectivity index (χ0v) is 15.2. The van der Waals surface area contributed by atoms with Gasteiger partial charge in [0.15, 0.2) is 5.37 Å². The van der Waals surface area contributed by atoms with Gasteiger partial charge in [-0.25, -0.2) is 4.79 Å². The molecule has 3 rings (SSSR count). The number of carbonyl (C=O) groups is 3. The minimum absolute atomic E-state index is 0.113. The molecule has 0 spiro atoms. The summed E-state index contributed by atoms with van der Waals surface area (Å²) in [5, 5.41) is 2.15. The Bertz CT molecular complexity index is 868. The molecule has 0 unspecified atom stereocenters. The highest BCUT2D eigenvalue weighted by Gasteiger charge is 2.39. The van der Waals surface area contributed by atoms with E-state index in [1.165, 1.54) is 12.0 Å². The number of nitrogens with one attached hydrogen (secondary N) is 1. The average Bonchev–Trinajstić information content (AvgIpc) is 2.90. The van der Waals surface area contributed by atoms with Crippen LogP contribution in [-0.2, 0) is 16.1 Å². The summed E-state index contributed by atoms with van der Waals surface area (Å²) in [6.45, 7) is 2.05. The number of amides is 2. The Kier molecular flexibility index (Phi) is 5.27. The van der Waals surface area contributed by atoms with E-state index in [4.69, 9.17) is 4.74 Å². The first-order chi connectivity index (χ1) is 12.5. The van der Waals surface area contributed by atoms with Gasteiger partial charge < -0.3 is 10.1 Å². The number of para-hydroxylation sites is 1. The maximum atomic E-state index is 12.6. The Morgan fingerprint density at radius 1 is 1.19 bits per heavy atom. The quantitative estimate of drug-likeness (QED) is 0.813. The number of hydrogen-bond acceptors (Lipinski definition) is 6. The minimum atomic E-state index is -0.660. The molecule has 1 fully saturated rings. The predicted octanol–water partition coefficient (Wildman–Crippen LogP) is 3.42. The summed E-state index contributed by atoms with van der Waals surface area (Å²) in [6.07, 6.45) is 0. The van der Waals surface area contributed by atoms with Crippen molar-refractivity contribution < 1.29 is 19.1 Å². The maximum absolute atomic E-state index is 12.6. The third-order valence-electron chi connectivity index (χ3n) is 4.05. The number of imide groups is 1. The smallest absolute Gasteiger partial charge is 0.337 e. The number of carbonyl (C=O) groups excluding carboxylic acids is 3. The molecule has 1 heterocycles. The molecule has 2 amide bonds. The fourth-order valence-electron chi connectivity index (χ4n) is 2.65. The van der Waals surface area contributed by atoms with Crippen LogP contribution in [0.25, 0.3) is 0 Å². The zero-order valence-electron chi connectivity index (χ0n) is 14.4. The van der Waals surface area contributed by atoms with E-state index in [1.807, 2.05) is 31.2 Å². The molecule has 1 saturated heterocycles. The van der Waals surface area contributed by atoms with E-state index < -0.39 is 11.3 Å². The molecule has 0 radical (unpaired) electrons. The van der Waals surface area contributed by atoms with Crippen molar-refractivity contribution in [3.05, 3.63) is 65.2 Å². The highest BCUT2D eigenvalue weighted by atomic mass is 32.2. The van der Waals surface area contributed by atoms with E-state index in [-0.39, 0.29) is 17.7 Å². The lowest BCUT2D eigenvalue weighted by molar-refractivity contribution is -0.126. The summed E-state index contributed by atoms with van der Waals surface area (Å²) >= 11 is 0.954. The van der Waals surface area contributed by atoms with Crippen molar-refractivity contribution >= 4 is 34.6 Å². The number of aryl methyl sites for hydroxylation is 1. The third-order valence-corrected chi connectivity index (χ3v) is 5.03. The Morgan fingerprint density at radius 2 is 1.96 bits per heavy atom. The van der Waals surface area contributed by atoms with E-state index in [9.17, 15) is 14.4 Å². The van der Waals surface area contributed by atoms with Crippen LogP contribution in [0.1, 0.15) is 21.5 Å². The summed E-state index contributed by atoms with van der Waals surface area (Å²) in [4.78, 5) is 37.8. The second kappa shape index (κ2) is 7.61. The fraction of sp³-hybridized carbons (Fsp3) is 0.211. The Labute approximate surface area is 155 Å². The number of thioether (sulfide) groups is 1. The third kappa shape index (κ3) is 3.72. The van der Waals surface area contributed by atoms with Crippen LogP contribution in [0.3, 0.4) is 0 Å². The number of methoxy groups -OCH3 is 1. The molecule has 1 aliphatic heterocycles. The van der Waals surface area contributed by atoms with Gasteiger partial charge in [-0.3, -0.25) is 14.5 Å². The van der Waals surface area contributed by atoms with Crippen molar-refractivity contribution in [2.24, 2.45) is 0 Å². The van der Waals surface area contributed by atoms with Gasteiger partial charge in [0.05, 0.1) is 19.2 Å². The average molecular weight is 370 g/mol. The Morgan fingerprint density at radius 3 is 2.69 bits per heavy atom. The lowest BCUT2D eigenvalue weighted by atomic mass is 10.1. The van der Waals surface area contributed by atoms with E-state index in [1.54, 1.807) is 24.3 Å². The molecule has 0 bridgehead atoms. The molecule has 1 N–H and O–H groups in total. The summed E-state index contributed by atoms with van der Waals surface area (Å²) in [6, 6.07) is 14.3. The molecule has 1 aliphatic rings. The molecule has 0 saturated carbocycles. The summed E-state index contributed by atoms with van der Waals surface area (Å²) < 4.78 is 4.70. The van der Waals surface area contributed by atoms with Crippen LogP contribution < -0.4 is 5.32 Å². The normalized spacial score (nSPS) is 16.7. The maximum Gasteiger partial charge on any atom is 0.337 e. The highest BCUT2D eigenvalue weighted by Crippen LogP contribution is 2.30. The number of rotatable bonds is 5. The van der Waals surface area contributed by atoms with Gasteiger partial charge in [0.25, 0.3) is 11.1 Å². The first-order valence-corrected chi connectivity index (χ1v) is 8.89. The largest absolute Gasteiger partial charge is 0.465 e. The van der Waals surface area contributed by atoms with Gasteiger partial charge in [0.1, 0.15) is 0 Å². The predicted molar refractivity (Wildman–Crippen MR) is 99.9 cm³/mol. The summed E-state index contributed by atoms with van der Waals surface area (Å²) in [7, 11) is 1.31. The summed E-state index contributed by atoms with van der Waals surface area (Å²) in [5.74, 6) is -0.758. The Balaban J connectivity index is 1.73. The van der Waals surface area contributed by atoms with E-state index in [0.717, 1.165) is 23.0 Å². The number of benzene rings is 2. The Hall–Kier alpha value is -2.80. The van der Waals surface area contributed by atoms with Crippen molar-refractivity contribution in [3.63, 3.8) is 0 Å². The van der Waals surface area contributed by atoms with Crippen molar-refractivity contribution in [1.29, 1.82) is 0 Å². The number of ether oxygens (including phenoxy) is 1. The molecule has 2 aromatic rings. The van der Waals surface area contributed by atoms with Crippen LogP contribution >= 0.6 is 11.8 Å². The molecule has 7 heteroatoms. The number of nitrogens with zero attached hydrogens (tertiary/aromatic N) is 1. The van der Waals surface area contributed by atoms with Gasteiger partial charge in [0, 0.05) is 5.69 Å². The monoisotopic (exact) mass is 370 g/mol. The molecular weight excluding hydrogens is 352 g/mol. The van der Waals surface area contributed by atoms with Crippen molar-refractivity contribution in [3.8, 4) is 0 Å². The van der Waals surface area contributed by atoms with Crippen molar-refractivity contribution in [2.75, 3.05) is 12.4 Å². The minimum Gasteiger partial charge on any atom is -0.465 e. The molecule has 134 valence electrons. The van der Waals surface area contributed by atoms with Gasteiger partial charge in [0.2, 0.25) is 0 Å². The molecular formula is C19H18N2O4S. The van der Waals surface area contributed by atoms with Gasteiger partial charge in [-0.2, -0.15) is 0 Å². The number of esters is 1. The van der Waals surface area contributed by atoms with Crippen LogP contribution in [0, 0.1) is 6.92 Å².